The van der Waals surface area contributed by atoms with E-state index in [2.05, 4.69) is 0 Å². The minimum absolute atomic E-state index is 0.555. The third-order valence-corrected chi connectivity index (χ3v) is 4.47. The highest BCUT2D eigenvalue weighted by Crippen LogP contribution is 2.30. The van der Waals surface area contributed by atoms with Crippen molar-refractivity contribution in [2.75, 3.05) is 27.4 Å². The zero-order valence-electron chi connectivity index (χ0n) is 13.9. The number of hydrogen-bond donors (Lipinski definition) is 6. The number of aliphatic hydroxyl groups is 6. The summed E-state index contributed by atoms with van der Waals surface area (Å²) in [6, 6.07) is 0. The van der Waals surface area contributed by atoms with Gasteiger partial charge in [0.05, 0.1) is 13.2 Å². The molecule has 11 nitrogen and oxygen atoms in total. The molecule has 0 aromatic heterocycles. The van der Waals surface area contributed by atoms with Crippen LogP contribution in [0, 0.1) is 0 Å². The number of methoxy groups -OCH3 is 2. The van der Waals surface area contributed by atoms with Crippen molar-refractivity contribution in [2.24, 2.45) is 0 Å². The van der Waals surface area contributed by atoms with Crippen LogP contribution in [0.15, 0.2) is 0 Å². The Bertz CT molecular complexity index is 410. The van der Waals surface area contributed by atoms with Crippen molar-refractivity contribution in [1.29, 1.82) is 0 Å². The van der Waals surface area contributed by atoms with E-state index < -0.39 is 74.6 Å². The van der Waals surface area contributed by atoms with E-state index in [1.807, 2.05) is 0 Å². The van der Waals surface area contributed by atoms with Crippen LogP contribution in [0.3, 0.4) is 0 Å². The maximum Gasteiger partial charge on any atom is 0.187 e. The van der Waals surface area contributed by atoms with Crippen LogP contribution in [0.25, 0.3) is 0 Å². The molecule has 2 fully saturated rings. The van der Waals surface area contributed by atoms with Gasteiger partial charge in [0.2, 0.25) is 0 Å². The summed E-state index contributed by atoms with van der Waals surface area (Å²) in [7, 11) is 2.52. The fourth-order valence-corrected chi connectivity index (χ4v) is 3.08. The van der Waals surface area contributed by atoms with Gasteiger partial charge in [0.1, 0.15) is 48.8 Å². The first-order valence-electron chi connectivity index (χ1n) is 7.85. The molecule has 0 aliphatic carbocycles. The second-order valence-corrected chi connectivity index (χ2v) is 5.95. The molecule has 0 bridgehead atoms. The van der Waals surface area contributed by atoms with E-state index in [0.29, 0.717) is 0 Å². The monoisotopic (exact) mass is 370 g/mol. The summed E-state index contributed by atoms with van der Waals surface area (Å²) < 4.78 is 26.0. The van der Waals surface area contributed by atoms with Crippen LogP contribution in [0.2, 0.25) is 0 Å². The average Bonchev–Trinajstić information content (AvgIpc) is 2.59. The van der Waals surface area contributed by atoms with Crippen molar-refractivity contribution in [2.45, 2.75) is 61.4 Å². The fraction of sp³-hybridized carbons (Fsp3) is 1.00. The molecule has 0 amide bonds. The van der Waals surface area contributed by atoms with E-state index in [1.165, 1.54) is 14.2 Å². The van der Waals surface area contributed by atoms with E-state index in [9.17, 15) is 30.6 Å². The molecule has 2 rings (SSSR count). The molecule has 2 aliphatic rings. The van der Waals surface area contributed by atoms with Gasteiger partial charge in [-0.3, -0.25) is 0 Å². The predicted octanol–water partition coefficient (Wildman–Crippen LogP) is -4.09. The van der Waals surface area contributed by atoms with Crippen molar-refractivity contribution in [3.63, 3.8) is 0 Å². The van der Waals surface area contributed by atoms with E-state index >= 15 is 0 Å². The number of rotatable bonds is 6. The van der Waals surface area contributed by atoms with E-state index in [1.54, 1.807) is 0 Å². The van der Waals surface area contributed by atoms with Gasteiger partial charge in [-0.25, -0.2) is 0 Å². The molecule has 10 atom stereocenters. The highest BCUT2D eigenvalue weighted by Gasteiger charge is 2.51. The Morgan fingerprint density at radius 3 is 1.84 bits per heavy atom. The molecule has 0 spiro atoms. The van der Waals surface area contributed by atoms with E-state index in [0.717, 1.165) is 0 Å². The van der Waals surface area contributed by atoms with Gasteiger partial charge in [0.25, 0.3) is 0 Å². The van der Waals surface area contributed by atoms with Gasteiger partial charge in [0, 0.05) is 14.2 Å². The molecule has 0 aromatic carbocycles. The average molecular weight is 370 g/mol. The molecule has 10 unspecified atom stereocenters. The van der Waals surface area contributed by atoms with Gasteiger partial charge in [0.15, 0.2) is 12.6 Å². The zero-order valence-corrected chi connectivity index (χ0v) is 13.9. The van der Waals surface area contributed by atoms with E-state index in [4.69, 9.17) is 23.7 Å². The standard InChI is InChI=1S/C14H26O11/c1-21-11-7(17)5(3-15)24-14(9(11)19)25-10-6(4-16)23-13(20)12(22-2)8(10)18/h5-20H,3-4H2,1-2H3. The van der Waals surface area contributed by atoms with Crippen LogP contribution in [0.4, 0.5) is 0 Å². The van der Waals surface area contributed by atoms with Gasteiger partial charge in [-0.15, -0.1) is 0 Å². The lowest BCUT2D eigenvalue weighted by Gasteiger charge is -2.46. The van der Waals surface area contributed by atoms with Crippen molar-refractivity contribution < 1.29 is 54.3 Å². The third-order valence-electron chi connectivity index (χ3n) is 4.47. The Morgan fingerprint density at radius 2 is 1.32 bits per heavy atom. The van der Waals surface area contributed by atoms with Crippen LogP contribution in [0.5, 0.6) is 0 Å². The lowest BCUT2D eigenvalue weighted by molar-refractivity contribution is -0.358. The summed E-state index contributed by atoms with van der Waals surface area (Å²) in [6.07, 6.45) is -12.7. The summed E-state index contributed by atoms with van der Waals surface area (Å²) in [5, 5.41) is 59.1. The molecule has 25 heavy (non-hydrogen) atoms. The van der Waals surface area contributed by atoms with Crippen molar-refractivity contribution >= 4 is 0 Å². The predicted molar refractivity (Wildman–Crippen MR) is 78.2 cm³/mol. The Kier molecular flexibility index (Phi) is 7.49. The molecule has 2 aliphatic heterocycles. The largest absolute Gasteiger partial charge is 0.394 e. The molecule has 0 radical (unpaired) electrons. The van der Waals surface area contributed by atoms with Gasteiger partial charge >= 0.3 is 0 Å². The first-order valence-corrected chi connectivity index (χ1v) is 7.85. The summed E-state index contributed by atoms with van der Waals surface area (Å²) in [5.41, 5.74) is 0. The minimum atomic E-state index is -1.48. The van der Waals surface area contributed by atoms with Crippen molar-refractivity contribution in [1.82, 2.24) is 0 Å². The van der Waals surface area contributed by atoms with Crippen molar-refractivity contribution in [3.05, 3.63) is 0 Å². The SMILES string of the molecule is COC1C(O)OC(CO)C(OC2OC(CO)C(O)C(OC)C2O)C1O. The number of ether oxygens (including phenoxy) is 5. The smallest absolute Gasteiger partial charge is 0.187 e. The Morgan fingerprint density at radius 1 is 0.720 bits per heavy atom. The van der Waals surface area contributed by atoms with Gasteiger partial charge in [-0.05, 0) is 0 Å². The third kappa shape index (κ3) is 4.12. The molecule has 11 heteroatoms. The summed E-state index contributed by atoms with van der Waals surface area (Å²) in [4.78, 5) is 0. The van der Waals surface area contributed by atoms with Crippen LogP contribution >= 0.6 is 0 Å². The molecule has 0 saturated carbocycles. The summed E-state index contributed by atoms with van der Waals surface area (Å²) in [6.45, 7) is -1.14. The molecular weight excluding hydrogens is 344 g/mol. The Hall–Kier alpha value is -0.440. The Balaban J connectivity index is 2.16. The van der Waals surface area contributed by atoms with Crippen LogP contribution < -0.4 is 0 Å². The van der Waals surface area contributed by atoms with Gasteiger partial charge < -0.3 is 54.3 Å². The summed E-state index contributed by atoms with van der Waals surface area (Å²) in [5.74, 6) is 0. The van der Waals surface area contributed by atoms with Crippen LogP contribution in [0.1, 0.15) is 0 Å². The topological polar surface area (TPSA) is 168 Å². The van der Waals surface area contributed by atoms with E-state index in [-0.39, 0.29) is 0 Å². The highest BCUT2D eigenvalue weighted by atomic mass is 16.7. The molecule has 0 aromatic rings. The molecule has 2 heterocycles. The van der Waals surface area contributed by atoms with Crippen LogP contribution in [-0.2, 0) is 23.7 Å². The normalized spacial score (nSPS) is 48.5. The number of aliphatic hydroxyl groups excluding tert-OH is 6. The lowest BCUT2D eigenvalue weighted by Crippen LogP contribution is -2.65. The van der Waals surface area contributed by atoms with Crippen LogP contribution in [-0.4, -0.2) is 119 Å². The van der Waals surface area contributed by atoms with Gasteiger partial charge in [-0.1, -0.05) is 0 Å². The highest BCUT2D eigenvalue weighted by molar-refractivity contribution is 4.94. The molecular formula is C14H26O11. The molecule has 6 N–H and O–H groups in total. The molecule has 2 saturated heterocycles. The second-order valence-electron chi connectivity index (χ2n) is 5.95. The van der Waals surface area contributed by atoms with Crippen molar-refractivity contribution in [3.8, 4) is 0 Å². The minimum Gasteiger partial charge on any atom is -0.394 e. The number of hydrogen-bond acceptors (Lipinski definition) is 11. The maximum atomic E-state index is 10.3. The first-order chi connectivity index (χ1) is 11.9. The maximum absolute atomic E-state index is 10.3. The molecule has 148 valence electrons. The lowest BCUT2D eigenvalue weighted by atomic mass is 9.97. The fourth-order valence-electron chi connectivity index (χ4n) is 3.08. The first kappa shape index (κ1) is 20.9. The van der Waals surface area contributed by atoms with Gasteiger partial charge in [-0.2, -0.15) is 0 Å². The summed E-state index contributed by atoms with van der Waals surface area (Å²) >= 11 is 0. The Labute approximate surface area is 144 Å². The zero-order chi connectivity index (χ0) is 18.7. The second kappa shape index (κ2) is 8.97. The quantitative estimate of drug-likeness (QED) is 0.269.